The van der Waals surface area contributed by atoms with Gasteiger partial charge < -0.3 is 14.9 Å². The first-order chi connectivity index (χ1) is 7.81. The molecular formula is C11H12N2O3. The molecule has 16 heavy (non-hydrogen) atoms. The zero-order valence-electron chi connectivity index (χ0n) is 8.82. The lowest BCUT2D eigenvalue weighted by molar-refractivity contribution is 0.117. The fourth-order valence-electron chi connectivity index (χ4n) is 1.39. The molecule has 1 heterocycles. The summed E-state index contributed by atoms with van der Waals surface area (Å²) < 4.78 is 5.41. The number of amides is 1. The van der Waals surface area contributed by atoms with Crippen molar-refractivity contribution in [1.29, 1.82) is 0 Å². The summed E-state index contributed by atoms with van der Waals surface area (Å²) in [6.07, 6.45) is 1.27. The zero-order valence-corrected chi connectivity index (χ0v) is 8.82. The molecule has 2 rings (SSSR count). The molecule has 1 aromatic carbocycles. The summed E-state index contributed by atoms with van der Waals surface area (Å²) in [4.78, 5) is 15.7. The third-order valence-electron chi connectivity index (χ3n) is 2.16. The Morgan fingerprint density at radius 2 is 2.25 bits per heavy atom. The first-order valence-corrected chi connectivity index (χ1v) is 4.88. The summed E-state index contributed by atoms with van der Waals surface area (Å²) in [5, 5.41) is 2.35. The fraction of sp³-hybridized carbons (Fsp3) is 0.182. The molecule has 0 radical (unpaired) electrons. The molecule has 5 nitrogen and oxygen atoms in total. The molecule has 0 fully saturated rings. The Morgan fingerprint density at radius 1 is 1.44 bits per heavy atom. The zero-order chi connectivity index (χ0) is 11.4. The van der Waals surface area contributed by atoms with E-state index in [4.69, 9.17) is 9.57 Å². The van der Waals surface area contributed by atoms with E-state index in [0.29, 0.717) is 6.61 Å². The van der Waals surface area contributed by atoms with Crippen molar-refractivity contribution in [3.8, 4) is 5.75 Å². The van der Waals surface area contributed by atoms with Gasteiger partial charge in [0, 0.05) is 12.6 Å². The second kappa shape index (κ2) is 4.57. The van der Waals surface area contributed by atoms with Gasteiger partial charge in [0.1, 0.15) is 12.4 Å². The number of ether oxygens (including phenoxy) is 1. The number of para-hydroxylation sites is 1. The molecule has 5 heteroatoms. The average molecular weight is 220 g/mol. The lowest BCUT2D eigenvalue weighted by Gasteiger charge is -2.18. The van der Waals surface area contributed by atoms with Crippen LogP contribution in [0.25, 0.3) is 5.70 Å². The van der Waals surface area contributed by atoms with E-state index in [-0.39, 0.29) is 0 Å². The highest BCUT2D eigenvalue weighted by Gasteiger charge is 2.13. The van der Waals surface area contributed by atoms with Gasteiger partial charge in [-0.25, -0.2) is 10.3 Å². The molecule has 1 aliphatic heterocycles. The van der Waals surface area contributed by atoms with E-state index in [1.54, 1.807) is 0 Å². The van der Waals surface area contributed by atoms with Crippen molar-refractivity contribution < 1.29 is 14.4 Å². The molecule has 0 saturated carbocycles. The molecule has 1 aromatic rings. The number of hydrogen-bond donors (Lipinski definition) is 2. The summed E-state index contributed by atoms with van der Waals surface area (Å²) in [5.74, 6) is 0.771. The maximum Gasteiger partial charge on any atom is 0.431 e. The van der Waals surface area contributed by atoms with E-state index in [1.165, 1.54) is 7.05 Å². The van der Waals surface area contributed by atoms with Gasteiger partial charge >= 0.3 is 6.09 Å². The van der Waals surface area contributed by atoms with Crippen molar-refractivity contribution in [2.45, 2.75) is 0 Å². The van der Waals surface area contributed by atoms with Gasteiger partial charge in [0.05, 0.1) is 5.70 Å². The maximum atomic E-state index is 10.9. The molecular weight excluding hydrogens is 208 g/mol. The Kier molecular flexibility index (Phi) is 2.95. The monoisotopic (exact) mass is 220 g/mol. The van der Waals surface area contributed by atoms with Crippen molar-refractivity contribution in [2.75, 3.05) is 13.7 Å². The third kappa shape index (κ3) is 2.08. The quantitative estimate of drug-likeness (QED) is 0.737. The van der Waals surface area contributed by atoms with Crippen LogP contribution in [0.5, 0.6) is 5.75 Å². The normalized spacial score (nSPS) is 12.9. The molecule has 0 aliphatic carbocycles. The summed E-state index contributed by atoms with van der Waals surface area (Å²) in [7, 11) is 1.50. The van der Waals surface area contributed by atoms with E-state index in [2.05, 4.69) is 10.8 Å². The van der Waals surface area contributed by atoms with E-state index in [1.807, 2.05) is 30.3 Å². The van der Waals surface area contributed by atoms with Crippen LogP contribution in [0.15, 0.2) is 30.3 Å². The minimum atomic E-state index is -0.537. The van der Waals surface area contributed by atoms with Crippen LogP contribution in [-0.4, -0.2) is 19.7 Å². The van der Waals surface area contributed by atoms with Crippen LogP contribution in [0.3, 0.4) is 0 Å². The van der Waals surface area contributed by atoms with Gasteiger partial charge in [-0.3, -0.25) is 0 Å². The van der Waals surface area contributed by atoms with E-state index < -0.39 is 6.09 Å². The van der Waals surface area contributed by atoms with Crippen LogP contribution in [0, 0.1) is 0 Å². The van der Waals surface area contributed by atoms with Gasteiger partial charge in [-0.1, -0.05) is 12.1 Å². The fourth-order valence-corrected chi connectivity index (χ4v) is 1.39. The van der Waals surface area contributed by atoms with Gasteiger partial charge in [-0.05, 0) is 18.2 Å². The molecule has 2 N–H and O–H groups in total. The molecule has 0 saturated heterocycles. The Balaban J connectivity index is 2.11. The van der Waals surface area contributed by atoms with Gasteiger partial charge in [0.15, 0.2) is 0 Å². The third-order valence-corrected chi connectivity index (χ3v) is 2.16. The number of hydroxylamine groups is 1. The smallest absolute Gasteiger partial charge is 0.431 e. The molecule has 0 atom stereocenters. The SMILES string of the molecule is CNC(=O)ONC1=CCOc2ccccc21. The van der Waals surface area contributed by atoms with Gasteiger partial charge in [0.25, 0.3) is 0 Å². The predicted octanol–water partition coefficient (Wildman–Crippen LogP) is 1.28. The molecule has 0 aromatic heterocycles. The summed E-state index contributed by atoms with van der Waals surface area (Å²) in [6.45, 7) is 0.455. The summed E-state index contributed by atoms with van der Waals surface area (Å²) in [5.41, 5.74) is 4.20. The van der Waals surface area contributed by atoms with Crippen LogP contribution in [0.2, 0.25) is 0 Å². The van der Waals surface area contributed by atoms with E-state index >= 15 is 0 Å². The number of hydrogen-bond acceptors (Lipinski definition) is 4. The molecule has 84 valence electrons. The Bertz CT molecular complexity index is 429. The van der Waals surface area contributed by atoms with Gasteiger partial charge in [-0.2, -0.15) is 0 Å². The highest BCUT2D eigenvalue weighted by molar-refractivity contribution is 5.72. The first-order valence-electron chi connectivity index (χ1n) is 4.88. The standard InChI is InChI=1S/C11H12N2O3/c1-12-11(14)16-13-9-6-7-15-10-5-3-2-4-8(9)10/h2-6,13H,7H2,1H3,(H,12,14). The molecule has 0 unspecified atom stereocenters. The summed E-state index contributed by atoms with van der Waals surface area (Å²) in [6, 6.07) is 7.54. The minimum absolute atomic E-state index is 0.455. The largest absolute Gasteiger partial charge is 0.489 e. The topological polar surface area (TPSA) is 59.6 Å². The lowest BCUT2D eigenvalue weighted by Crippen LogP contribution is -2.27. The highest BCUT2D eigenvalue weighted by Crippen LogP contribution is 2.27. The molecule has 1 aliphatic rings. The number of fused-ring (bicyclic) bond motifs is 1. The number of carbonyl (C=O) groups is 1. The number of rotatable bonds is 2. The maximum absolute atomic E-state index is 10.9. The van der Waals surface area contributed by atoms with E-state index in [9.17, 15) is 4.79 Å². The van der Waals surface area contributed by atoms with Gasteiger partial charge in [-0.15, -0.1) is 0 Å². The second-order valence-electron chi connectivity index (χ2n) is 3.17. The van der Waals surface area contributed by atoms with Crippen LogP contribution in [-0.2, 0) is 4.84 Å². The van der Waals surface area contributed by atoms with Crippen LogP contribution < -0.4 is 15.5 Å². The predicted molar refractivity (Wildman–Crippen MR) is 58.6 cm³/mol. The lowest BCUT2D eigenvalue weighted by atomic mass is 10.1. The Labute approximate surface area is 93.0 Å². The Morgan fingerprint density at radius 3 is 3.06 bits per heavy atom. The number of nitrogens with one attached hydrogen (secondary N) is 2. The molecule has 0 spiro atoms. The minimum Gasteiger partial charge on any atom is -0.489 e. The first kappa shape index (κ1) is 10.4. The van der Waals surface area contributed by atoms with Crippen LogP contribution in [0.1, 0.15) is 5.56 Å². The van der Waals surface area contributed by atoms with Crippen LogP contribution in [0.4, 0.5) is 4.79 Å². The van der Waals surface area contributed by atoms with E-state index in [0.717, 1.165) is 17.0 Å². The van der Waals surface area contributed by atoms with Crippen molar-refractivity contribution in [3.05, 3.63) is 35.9 Å². The van der Waals surface area contributed by atoms with Crippen LogP contribution >= 0.6 is 0 Å². The average Bonchev–Trinajstić information content (AvgIpc) is 2.35. The summed E-state index contributed by atoms with van der Waals surface area (Å²) >= 11 is 0. The van der Waals surface area contributed by atoms with Crippen molar-refractivity contribution in [3.63, 3.8) is 0 Å². The van der Waals surface area contributed by atoms with Crippen molar-refractivity contribution >= 4 is 11.8 Å². The highest BCUT2D eigenvalue weighted by atomic mass is 16.7. The molecule has 0 bridgehead atoms. The van der Waals surface area contributed by atoms with Crippen molar-refractivity contribution in [2.24, 2.45) is 0 Å². The second-order valence-corrected chi connectivity index (χ2v) is 3.17. The van der Waals surface area contributed by atoms with Crippen molar-refractivity contribution in [1.82, 2.24) is 10.8 Å². The Hall–Kier alpha value is -2.17. The number of carbonyl (C=O) groups excluding carboxylic acids is 1. The van der Waals surface area contributed by atoms with Gasteiger partial charge in [0.2, 0.25) is 0 Å². The molecule has 1 amide bonds. The number of benzene rings is 1.